The molecule has 3 aromatic rings. The van der Waals surface area contributed by atoms with Crippen molar-refractivity contribution in [1.29, 1.82) is 0 Å². The molecule has 4 rings (SSSR count). The summed E-state index contributed by atoms with van der Waals surface area (Å²) in [5.41, 5.74) is 4.62. The van der Waals surface area contributed by atoms with Gasteiger partial charge in [0.1, 0.15) is 5.82 Å². The van der Waals surface area contributed by atoms with E-state index < -0.39 is 11.7 Å². The van der Waals surface area contributed by atoms with Gasteiger partial charge in [-0.05, 0) is 24.3 Å². The summed E-state index contributed by atoms with van der Waals surface area (Å²) in [6.07, 6.45) is 1.60. The van der Waals surface area contributed by atoms with Gasteiger partial charge in [0.05, 0.1) is 30.0 Å². The first kappa shape index (κ1) is 19.2. The van der Waals surface area contributed by atoms with Crippen LogP contribution in [0.2, 0.25) is 0 Å². The minimum atomic E-state index is -0.402. The van der Waals surface area contributed by atoms with Crippen molar-refractivity contribution in [2.75, 3.05) is 31.2 Å². The predicted octanol–water partition coefficient (Wildman–Crippen LogP) is 3.55. The fourth-order valence-corrected chi connectivity index (χ4v) is 3.93. The van der Waals surface area contributed by atoms with E-state index in [1.807, 2.05) is 30.3 Å². The Bertz CT molecular complexity index is 999. The van der Waals surface area contributed by atoms with Gasteiger partial charge in [-0.25, -0.2) is 14.8 Å². The lowest BCUT2D eigenvalue weighted by Crippen LogP contribution is -2.36. The summed E-state index contributed by atoms with van der Waals surface area (Å²) in [5, 5.41) is 5.00. The first-order chi connectivity index (χ1) is 14.2. The molecule has 2 aromatic carbocycles. The van der Waals surface area contributed by atoms with Gasteiger partial charge in [0.15, 0.2) is 5.13 Å². The Balaban J connectivity index is 1.56. The molecule has 8 heteroatoms. The molecule has 1 aliphatic rings. The Morgan fingerprint density at radius 3 is 2.59 bits per heavy atom. The third-order valence-electron chi connectivity index (χ3n) is 4.43. The third kappa shape index (κ3) is 4.67. The maximum atomic E-state index is 13.0. The fraction of sp³-hybridized carbons (Fsp3) is 0.190. The molecular formula is C21H19FN4O2S. The van der Waals surface area contributed by atoms with Gasteiger partial charge in [0, 0.05) is 24.2 Å². The molecule has 1 saturated heterocycles. The smallest absolute Gasteiger partial charge is 0.271 e. The number of hydrazone groups is 1. The summed E-state index contributed by atoms with van der Waals surface area (Å²) in [7, 11) is 0. The normalized spacial score (nSPS) is 14.3. The Morgan fingerprint density at radius 2 is 1.86 bits per heavy atom. The van der Waals surface area contributed by atoms with E-state index in [0.29, 0.717) is 18.8 Å². The highest BCUT2D eigenvalue weighted by molar-refractivity contribution is 7.17. The van der Waals surface area contributed by atoms with Crippen LogP contribution in [-0.2, 0) is 4.74 Å². The molecule has 0 saturated carbocycles. The number of ether oxygens (including phenoxy) is 1. The number of aromatic nitrogens is 1. The molecule has 1 fully saturated rings. The SMILES string of the molecule is O=C(N/N=C\c1sc(N2CCOCC2)nc1-c1ccccc1)c1ccc(F)cc1. The molecule has 0 bridgehead atoms. The summed E-state index contributed by atoms with van der Waals surface area (Å²) in [5.74, 6) is -0.793. The van der Waals surface area contributed by atoms with Crippen LogP contribution in [0.3, 0.4) is 0 Å². The Morgan fingerprint density at radius 1 is 1.14 bits per heavy atom. The van der Waals surface area contributed by atoms with Gasteiger partial charge in [-0.3, -0.25) is 4.79 Å². The van der Waals surface area contributed by atoms with E-state index >= 15 is 0 Å². The number of carbonyl (C=O) groups is 1. The molecule has 0 spiro atoms. The molecule has 29 heavy (non-hydrogen) atoms. The molecule has 1 aliphatic heterocycles. The van der Waals surface area contributed by atoms with Crippen molar-refractivity contribution < 1.29 is 13.9 Å². The molecule has 0 radical (unpaired) electrons. The molecule has 1 aromatic heterocycles. The maximum Gasteiger partial charge on any atom is 0.271 e. The van der Waals surface area contributed by atoms with Crippen molar-refractivity contribution in [3.63, 3.8) is 0 Å². The number of anilines is 1. The lowest BCUT2D eigenvalue weighted by atomic mass is 10.1. The van der Waals surface area contributed by atoms with E-state index in [0.717, 1.165) is 34.4 Å². The zero-order valence-electron chi connectivity index (χ0n) is 15.5. The zero-order chi connectivity index (χ0) is 20.1. The molecule has 148 valence electrons. The number of amides is 1. The van der Waals surface area contributed by atoms with Gasteiger partial charge in [-0.1, -0.05) is 41.7 Å². The molecule has 1 amide bonds. The lowest BCUT2D eigenvalue weighted by molar-refractivity contribution is 0.0955. The van der Waals surface area contributed by atoms with Gasteiger partial charge in [-0.2, -0.15) is 5.10 Å². The van der Waals surface area contributed by atoms with E-state index in [2.05, 4.69) is 15.4 Å². The van der Waals surface area contributed by atoms with Crippen molar-refractivity contribution in [2.45, 2.75) is 0 Å². The first-order valence-corrected chi connectivity index (χ1v) is 10.0. The number of rotatable bonds is 5. The lowest BCUT2D eigenvalue weighted by Gasteiger charge is -2.26. The topological polar surface area (TPSA) is 66.8 Å². The molecule has 1 N–H and O–H groups in total. The average molecular weight is 410 g/mol. The van der Waals surface area contributed by atoms with Gasteiger partial charge < -0.3 is 9.64 Å². The molecule has 0 aliphatic carbocycles. The number of carbonyl (C=O) groups excluding carboxylic acids is 1. The molecular weight excluding hydrogens is 391 g/mol. The van der Waals surface area contributed by atoms with E-state index in [-0.39, 0.29) is 0 Å². The van der Waals surface area contributed by atoms with E-state index in [9.17, 15) is 9.18 Å². The van der Waals surface area contributed by atoms with Crippen LogP contribution >= 0.6 is 11.3 Å². The second-order valence-corrected chi connectivity index (χ2v) is 7.39. The van der Waals surface area contributed by atoms with E-state index in [1.54, 1.807) is 6.21 Å². The average Bonchev–Trinajstić information content (AvgIpc) is 3.19. The second-order valence-electron chi connectivity index (χ2n) is 6.38. The summed E-state index contributed by atoms with van der Waals surface area (Å²) in [6.45, 7) is 2.94. The van der Waals surface area contributed by atoms with Gasteiger partial charge in [-0.15, -0.1) is 0 Å². The molecule has 0 unspecified atom stereocenters. The number of hydrogen-bond donors (Lipinski definition) is 1. The summed E-state index contributed by atoms with van der Waals surface area (Å²) in [6, 6.07) is 15.2. The number of hydrogen-bond acceptors (Lipinski definition) is 6. The van der Waals surface area contributed by atoms with Gasteiger partial charge in [0.2, 0.25) is 0 Å². The van der Waals surface area contributed by atoms with Crippen molar-refractivity contribution >= 4 is 28.6 Å². The van der Waals surface area contributed by atoms with E-state index in [4.69, 9.17) is 9.72 Å². The minimum Gasteiger partial charge on any atom is -0.378 e. The van der Waals surface area contributed by atoms with Crippen LogP contribution in [0.15, 0.2) is 59.7 Å². The highest BCUT2D eigenvalue weighted by atomic mass is 32.1. The van der Waals surface area contributed by atoms with Gasteiger partial charge >= 0.3 is 0 Å². The van der Waals surface area contributed by atoms with Crippen molar-refractivity contribution in [3.8, 4) is 11.3 Å². The van der Waals surface area contributed by atoms with Crippen molar-refractivity contribution in [1.82, 2.24) is 10.4 Å². The predicted molar refractivity (Wildman–Crippen MR) is 112 cm³/mol. The van der Waals surface area contributed by atoms with Crippen LogP contribution in [0.1, 0.15) is 15.2 Å². The number of halogens is 1. The van der Waals surface area contributed by atoms with Gasteiger partial charge in [0.25, 0.3) is 5.91 Å². The van der Waals surface area contributed by atoms with Crippen LogP contribution in [-0.4, -0.2) is 43.4 Å². The summed E-state index contributed by atoms with van der Waals surface area (Å²) >= 11 is 1.52. The Labute approximate surface area is 171 Å². The van der Waals surface area contributed by atoms with E-state index in [1.165, 1.54) is 35.6 Å². The van der Waals surface area contributed by atoms with Crippen LogP contribution in [0.25, 0.3) is 11.3 Å². The monoisotopic (exact) mass is 410 g/mol. The number of nitrogens with zero attached hydrogens (tertiary/aromatic N) is 3. The minimum absolute atomic E-state index is 0.338. The Kier molecular flexibility index (Phi) is 5.92. The standard InChI is InChI=1S/C21H19FN4O2S/c22-17-8-6-16(7-9-17)20(27)25-23-14-18-19(15-4-2-1-3-5-15)24-21(29-18)26-10-12-28-13-11-26/h1-9,14H,10-13H2,(H,25,27)/b23-14-. The number of thiazole rings is 1. The van der Waals surface area contributed by atoms with Crippen LogP contribution in [0, 0.1) is 5.82 Å². The molecule has 6 nitrogen and oxygen atoms in total. The zero-order valence-corrected chi connectivity index (χ0v) is 16.4. The highest BCUT2D eigenvalue weighted by Gasteiger charge is 2.18. The maximum absolute atomic E-state index is 13.0. The van der Waals surface area contributed by atoms with Crippen molar-refractivity contribution in [2.24, 2.45) is 5.10 Å². The van der Waals surface area contributed by atoms with Crippen LogP contribution in [0.4, 0.5) is 9.52 Å². The van der Waals surface area contributed by atoms with Crippen LogP contribution in [0.5, 0.6) is 0 Å². The van der Waals surface area contributed by atoms with Crippen LogP contribution < -0.4 is 10.3 Å². The quantitative estimate of drug-likeness (QED) is 0.516. The summed E-state index contributed by atoms with van der Waals surface area (Å²) < 4.78 is 18.4. The number of benzene rings is 2. The largest absolute Gasteiger partial charge is 0.378 e. The third-order valence-corrected chi connectivity index (χ3v) is 5.48. The first-order valence-electron chi connectivity index (χ1n) is 9.18. The fourth-order valence-electron chi connectivity index (χ4n) is 2.92. The number of morpholine rings is 1. The number of nitrogens with one attached hydrogen (secondary N) is 1. The summed E-state index contributed by atoms with van der Waals surface area (Å²) in [4.78, 5) is 20.0. The molecule has 0 atom stereocenters. The Hall–Kier alpha value is -3.10. The highest BCUT2D eigenvalue weighted by Crippen LogP contribution is 2.32. The second kappa shape index (κ2) is 8.93. The molecule has 2 heterocycles. The van der Waals surface area contributed by atoms with Crippen molar-refractivity contribution in [3.05, 3.63) is 70.9 Å².